The Morgan fingerprint density at radius 3 is 2.53 bits per heavy atom. The minimum absolute atomic E-state index is 0.330. The van der Waals surface area contributed by atoms with E-state index in [1.807, 2.05) is 30.5 Å². The Kier molecular flexibility index (Phi) is 5.65. The number of methoxy groups -OCH3 is 1. The van der Waals surface area contributed by atoms with Gasteiger partial charge in [-0.2, -0.15) is 0 Å². The molecule has 0 fully saturated rings. The van der Waals surface area contributed by atoms with Gasteiger partial charge in [0.2, 0.25) is 11.8 Å². The molecule has 8 nitrogen and oxygen atoms in total. The van der Waals surface area contributed by atoms with Gasteiger partial charge in [-0.3, -0.25) is 0 Å². The number of aryl methyl sites for hydroxylation is 1. The lowest BCUT2D eigenvalue weighted by molar-refractivity contribution is 0.0601. The van der Waals surface area contributed by atoms with Crippen LogP contribution in [0.25, 0.3) is 28.6 Å². The Balaban J connectivity index is 1.53. The fourth-order valence-electron chi connectivity index (χ4n) is 3.01. The van der Waals surface area contributed by atoms with Crippen molar-refractivity contribution >= 4 is 5.97 Å². The van der Waals surface area contributed by atoms with Crippen molar-refractivity contribution < 1.29 is 13.9 Å². The lowest BCUT2D eigenvalue weighted by Gasteiger charge is -2.01. The molecule has 30 heavy (non-hydrogen) atoms. The summed E-state index contributed by atoms with van der Waals surface area (Å²) in [5.41, 5.74) is 3.74. The van der Waals surface area contributed by atoms with Crippen molar-refractivity contribution in [3.05, 3.63) is 66.0 Å². The van der Waals surface area contributed by atoms with Gasteiger partial charge in [0.25, 0.3) is 0 Å². The summed E-state index contributed by atoms with van der Waals surface area (Å²) < 4.78 is 12.3. The minimum atomic E-state index is -0.418. The first-order valence-electron chi connectivity index (χ1n) is 9.72. The Hall–Kier alpha value is -3.81. The third-order valence-electron chi connectivity index (χ3n) is 4.66. The van der Waals surface area contributed by atoms with E-state index in [0.29, 0.717) is 22.9 Å². The molecule has 0 radical (unpaired) electrons. The van der Waals surface area contributed by atoms with E-state index in [4.69, 9.17) is 9.15 Å². The number of unbranched alkanes of at least 4 members (excludes halogenated alkanes) is 1. The highest BCUT2D eigenvalue weighted by molar-refractivity contribution is 5.90. The standard InChI is InChI=1S/C22H21N5O3/c1-3-4-8-18-14-27(26-23-18)19-11-9-15(10-12-19)20-24-25-21(30-20)16-6-5-7-17(13-16)22(28)29-2/h5-7,9-14H,3-4,8H2,1-2H3. The smallest absolute Gasteiger partial charge is 0.337 e. The number of carbonyl (C=O) groups is 1. The first-order valence-corrected chi connectivity index (χ1v) is 9.72. The van der Waals surface area contributed by atoms with Gasteiger partial charge in [-0.05, 0) is 55.3 Å². The molecule has 0 bridgehead atoms. The molecule has 0 aliphatic heterocycles. The fraction of sp³-hybridized carbons (Fsp3) is 0.227. The van der Waals surface area contributed by atoms with Crippen LogP contribution in [0.2, 0.25) is 0 Å². The molecular weight excluding hydrogens is 382 g/mol. The predicted octanol–water partition coefficient (Wildman–Crippen LogP) is 4.11. The summed E-state index contributed by atoms with van der Waals surface area (Å²) in [6.45, 7) is 2.15. The SMILES string of the molecule is CCCCc1cn(-c2ccc(-c3nnc(-c4cccc(C(=O)OC)c4)o3)cc2)nn1. The monoisotopic (exact) mass is 403 g/mol. The maximum Gasteiger partial charge on any atom is 0.337 e. The molecule has 8 heteroatoms. The summed E-state index contributed by atoms with van der Waals surface area (Å²) in [7, 11) is 1.34. The number of hydrogen-bond donors (Lipinski definition) is 0. The second-order valence-electron chi connectivity index (χ2n) is 6.79. The Labute approximate surface area is 173 Å². The zero-order valence-electron chi connectivity index (χ0n) is 16.8. The number of aromatic nitrogens is 5. The topological polar surface area (TPSA) is 95.9 Å². The maximum atomic E-state index is 11.7. The molecule has 0 aliphatic rings. The van der Waals surface area contributed by atoms with Crippen LogP contribution in [0.15, 0.2) is 59.1 Å². The number of benzene rings is 2. The lowest BCUT2D eigenvalue weighted by atomic mass is 10.1. The van der Waals surface area contributed by atoms with Gasteiger partial charge in [-0.15, -0.1) is 15.3 Å². The first kappa shape index (κ1) is 19.5. The predicted molar refractivity (Wildman–Crippen MR) is 110 cm³/mol. The van der Waals surface area contributed by atoms with Crippen LogP contribution < -0.4 is 0 Å². The summed E-state index contributed by atoms with van der Waals surface area (Å²) in [4.78, 5) is 11.7. The van der Waals surface area contributed by atoms with E-state index in [9.17, 15) is 4.79 Å². The molecular formula is C22H21N5O3. The van der Waals surface area contributed by atoms with Crippen molar-refractivity contribution in [2.24, 2.45) is 0 Å². The van der Waals surface area contributed by atoms with Crippen LogP contribution in [-0.2, 0) is 11.2 Å². The summed E-state index contributed by atoms with van der Waals surface area (Å²) in [6, 6.07) is 14.5. The zero-order valence-corrected chi connectivity index (χ0v) is 16.8. The molecule has 4 aromatic rings. The number of hydrogen-bond acceptors (Lipinski definition) is 7. The highest BCUT2D eigenvalue weighted by atomic mass is 16.5. The maximum absolute atomic E-state index is 11.7. The van der Waals surface area contributed by atoms with E-state index >= 15 is 0 Å². The van der Waals surface area contributed by atoms with Crippen LogP contribution >= 0.6 is 0 Å². The van der Waals surface area contributed by atoms with Crippen LogP contribution in [0.3, 0.4) is 0 Å². The van der Waals surface area contributed by atoms with Crippen molar-refractivity contribution in [3.8, 4) is 28.6 Å². The normalized spacial score (nSPS) is 10.9. The molecule has 4 rings (SSSR count). The third kappa shape index (κ3) is 4.12. The van der Waals surface area contributed by atoms with Crippen molar-refractivity contribution in [1.29, 1.82) is 0 Å². The average Bonchev–Trinajstić information content (AvgIpc) is 3.47. The number of esters is 1. The summed E-state index contributed by atoms with van der Waals surface area (Å²) in [5, 5.41) is 16.6. The molecule has 2 aromatic heterocycles. The van der Waals surface area contributed by atoms with E-state index in [1.54, 1.807) is 28.9 Å². The summed E-state index contributed by atoms with van der Waals surface area (Å²) in [6.07, 6.45) is 5.10. The molecule has 2 heterocycles. The van der Waals surface area contributed by atoms with Crippen LogP contribution in [0, 0.1) is 0 Å². The third-order valence-corrected chi connectivity index (χ3v) is 4.66. The van der Waals surface area contributed by atoms with Gasteiger partial charge in [-0.1, -0.05) is 24.6 Å². The number of nitrogens with zero attached hydrogens (tertiary/aromatic N) is 5. The Bertz CT molecular complexity index is 1150. The molecule has 2 aromatic carbocycles. The molecule has 0 amide bonds. The van der Waals surface area contributed by atoms with Crippen molar-refractivity contribution in [3.63, 3.8) is 0 Å². The van der Waals surface area contributed by atoms with E-state index < -0.39 is 5.97 Å². The van der Waals surface area contributed by atoms with Gasteiger partial charge in [0.1, 0.15) is 0 Å². The van der Waals surface area contributed by atoms with Crippen molar-refractivity contribution in [2.75, 3.05) is 7.11 Å². The second-order valence-corrected chi connectivity index (χ2v) is 6.79. The fourth-order valence-corrected chi connectivity index (χ4v) is 3.01. The molecule has 152 valence electrons. The highest BCUT2D eigenvalue weighted by Gasteiger charge is 2.13. The van der Waals surface area contributed by atoms with Gasteiger partial charge >= 0.3 is 5.97 Å². The quantitative estimate of drug-likeness (QED) is 0.428. The molecule has 0 aliphatic carbocycles. The molecule has 0 saturated carbocycles. The van der Waals surface area contributed by atoms with Crippen molar-refractivity contribution in [2.45, 2.75) is 26.2 Å². The second kappa shape index (κ2) is 8.69. The van der Waals surface area contributed by atoms with Crippen molar-refractivity contribution in [1.82, 2.24) is 25.2 Å². The van der Waals surface area contributed by atoms with E-state index in [-0.39, 0.29) is 0 Å². The number of ether oxygens (including phenoxy) is 1. The van der Waals surface area contributed by atoms with Gasteiger partial charge in [0, 0.05) is 11.1 Å². The first-order chi connectivity index (χ1) is 14.7. The van der Waals surface area contributed by atoms with Gasteiger partial charge in [0.15, 0.2) is 0 Å². The number of rotatable bonds is 7. The summed E-state index contributed by atoms with van der Waals surface area (Å²) >= 11 is 0. The van der Waals surface area contributed by atoms with E-state index in [0.717, 1.165) is 36.2 Å². The largest absolute Gasteiger partial charge is 0.465 e. The average molecular weight is 403 g/mol. The Morgan fingerprint density at radius 1 is 1.03 bits per heavy atom. The van der Waals surface area contributed by atoms with Crippen LogP contribution in [0.4, 0.5) is 0 Å². The van der Waals surface area contributed by atoms with Gasteiger partial charge in [0.05, 0.1) is 30.3 Å². The minimum Gasteiger partial charge on any atom is -0.465 e. The summed E-state index contributed by atoms with van der Waals surface area (Å²) in [5.74, 6) is 0.303. The molecule has 0 unspecified atom stereocenters. The van der Waals surface area contributed by atoms with Gasteiger partial charge < -0.3 is 9.15 Å². The molecule has 0 spiro atoms. The Morgan fingerprint density at radius 2 is 1.80 bits per heavy atom. The van der Waals surface area contributed by atoms with E-state index in [1.165, 1.54) is 7.11 Å². The molecule has 0 atom stereocenters. The zero-order chi connectivity index (χ0) is 20.9. The molecule has 0 saturated heterocycles. The van der Waals surface area contributed by atoms with Crippen LogP contribution in [-0.4, -0.2) is 38.3 Å². The lowest BCUT2D eigenvalue weighted by Crippen LogP contribution is -2.00. The number of carbonyl (C=O) groups excluding carboxylic acids is 1. The molecule has 0 N–H and O–H groups in total. The van der Waals surface area contributed by atoms with E-state index in [2.05, 4.69) is 27.4 Å². The highest BCUT2D eigenvalue weighted by Crippen LogP contribution is 2.25. The van der Waals surface area contributed by atoms with Gasteiger partial charge in [-0.25, -0.2) is 9.48 Å². The van der Waals surface area contributed by atoms with Crippen LogP contribution in [0.1, 0.15) is 35.8 Å². The van der Waals surface area contributed by atoms with Crippen LogP contribution in [0.5, 0.6) is 0 Å².